The maximum atomic E-state index is 12.3. The smallest absolute Gasteiger partial charge is 0.321 e. The molecule has 1 aromatic heterocycles. The zero-order valence-corrected chi connectivity index (χ0v) is 13.1. The van der Waals surface area contributed by atoms with Crippen molar-refractivity contribution in [2.24, 2.45) is 5.92 Å². The number of aromatic nitrogens is 2. The van der Waals surface area contributed by atoms with E-state index in [0.717, 1.165) is 11.3 Å². The number of carbonyl (C=O) groups is 2. The molecule has 1 atom stereocenters. The van der Waals surface area contributed by atoms with Crippen molar-refractivity contribution in [1.29, 1.82) is 0 Å². The summed E-state index contributed by atoms with van der Waals surface area (Å²) in [5.74, 6) is -1.32. The van der Waals surface area contributed by atoms with Crippen molar-refractivity contribution >= 4 is 29.2 Å². The van der Waals surface area contributed by atoms with Gasteiger partial charge in [-0.1, -0.05) is 16.6 Å². The fourth-order valence-electron chi connectivity index (χ4n) is 2.58. The standard InChI is InChI=1S/C15H16N4O3S/c20-14(21)11-2-1-7-19(8-11)15(22)16-12-5-3-10(4-6-12)13-9-23-18-17-13/h3-6,9,11H,1-2,7-8H2,(H,16,22)(H,20,21). The number of hydrogen-bond donors (Lipinski definition) is 2. The molecular weight excluding hydrogens is 316 g/mol. The Hall–Kier alpha value is -2.48. The lowest BCUT2D eigenvalue weighted by molar-refractivity contribution is -0.143. The molecule has 1 unspecified atom stereocenters. The summed E-state index contributed by atoms with van der Waals surface area (Å²) < 4.78 is 3.82. The number of carbonyl (C=O) groups excluding carboxylic acids is 1. The van der Waals surface area contributed by atoms with Gasteiger partial charge in [-0.3, -0.25) is 4.79 Å². The van der Waals surface area contributed by atoms with Gasteiger partial charge in [0, 0.05) is 29.7 Å². The first-order valence-corrected chi connectivity index (χ1v) is 8.13. The number of amides is 2. The van der Waals surface area contributed by atoms with E-state index in [-0.39, 0.29) is 12.6 Å². The Labute approximate surface area is 137 Å². The zero-order valence-electron chi connectivity index (χ0n) is 12.3. The van der Waals surface area contributed by atoms with E-state index >= 15 is 0 Å². The Morgan fingerprint density at radius 3 is 2.74 bits per heavy atom. The molecule has 2 heterocycles. The van der Waals surface area contributed by atoms with Gasteiger partial charge in [0.25, 0.3) is 0 Å². The van der Waals surface area contributed by atoms with Gasteiger partial charge in [-0.05, 0) is 36.5 Å². The van der Waals surface area contributed by atoms with E-state index in [1.807, 2.05) is 17.5 Å². The van der Waals surface area contributed by atoms with Crippen molar-refractivity contribution in [3.63, 3.8) is 0 Å². The lowest BCUT2D eigenvalue weighted by Gasteiger charge is -2.30. The minimum Gasteiger partial charge on any atom is -0.481 e. The van der Waals surface area contributed by atoms with E-state index in [2.05, 4.69) is 14.9 Å². The molecule has 0 radical (unpaired) electrons. The second-order valence-corrected chi connectivity index (χ2v) is 6.03. The van der Waals surface area contributed by atoms with Crippen LogP contribution in [0.4, 0.5) is 10.5 Å². The fraction of sp³-hybridized carbons (Fsp3) is 0.333. The summed E-state index contributed by atoms with van der Waals surface area (Å²) >= 11 is 1.29. The van der Waals surface area contributed by atoms with Gasteiger partial charge < -0.3 is 15.3 Å². The summed E-state index contributed by atoms with van der Waals surface area (Å²) in [7, 11) is 0. The molecule has 1 saturated heterocycles. The normalized spacial score (nSPS) is 17.7. The first kappa shape index (κ1) is 15.4. The van der Waals surface area contributed by atoms with Crippen LogP contribution in [0, 0.1) is 5.92 Å². The molecule has 2 N–H and O–H groups in total. The third kappa shape index (κ3) is 3.65. The number of carboxylic acids is 1. The number of piperidine rings is 1. The Bertz CT molecular complexity index is 687. The highest BCUT2D eigenvalue weighted by Gasteiger charge is 2.28. The molecule has 0 saturated carbocycles. The van der Waals surface area contributed by atoms with Crippen LogP contribution in [0.25, 0.3) is 11.3 Å². The van der Waals surface area contributed by atoms with E-state index in [9.17, 15) is 9.59 Å². The van der Waals surface area contributed by atoms with Crippen LogP contribution in [-0.4, -0.2) is 44.7 Å². The molecule has 0 aliphatic carbocycles. The monoisotopic (exact) mass is 332 g/mol. The van der Waals surface area contributed by atoms with Crippen LogP contribution in [-0.2, 0) is 4.79 Å². The van der Waals surface area contributed by atoms with Crippen LogP contribution in [0.15, 0.2) is 29.6 Å². The summed E-state index contributed by atoms with van der Waals surface area (Å²) in [6.07, 6.45) is 1.33. The fourth-order valence-corrected chi connectivity index (χ4v) is 3.05. The number of likely N-dealkylation sites (tertiary alicyclic amines) is 1. The molecule has 7 nitrogen and oxygen atoms in total. The second-order valence-electron chi connectivity index (χ2n) is 5.42. The summed E-state index contributed by atoms with van der Waals surface area (Å²) in [6, 6.07) is 7.06. The Kier molecular flexibility index (Phi) is 4.52. The van der Waals surface area contributed by atoms with Crippen LogP contribution in [0.3, 0.4) is 0 Å². The number of nitrogens with one attached hydrogen (secondary N) is 1. The van der Waals surface area contributed by atoms with Gasteiger partial charge in [0.05, 0.1) is 5.92 Å². The van der Waals surface area contributed by atoms with Gasteiger partial charge in [-0.2, -0.15) is 0 Å². The lowest BCUT2D eigenvalue weighted by Crippen LogP contribution is -2.44. The summed E-state index contributed by atoms with van der Waals surface area (Å²) in [4.78, 5) is 24.9. The van der Waals surface area contributed by atoms with Crippen LogP contribution in [0.5, 0.6) is 0 Å². The van der Waals surface area contributed by atoms with Gasteiger partial charge in [0.15, 0.2) is 0 Å². The van der Waals surface area contributed by atoms with Gasteiger partial charge in [0.2, 0.25) is 0 Å². The number of carboxylic acid groups (broad SMARTS) is 1. The summed E-state index contributed by atoms with van der Waals surface area (Å²) in [6.45, 7) is 0.835. The molecule has 3 rings (SSSR count). The molecule has 1 aliphatic heterocycles. The SMILES string of the molecule is O=C(O)C1CCCN(C(=O)Nc2ccc(-c3csnn3)cc2)C1. The molecule has 1 aromatic carbocycles. The molecule has 2 aromatic rings. The maximum Gasteiger partial charge on any atom is 0.321 e. The molecular formula is C15H16N4O3S. The van der Waals surface area contributed by atoms with Crippen LogP contribution in [0.1, 0.15) is 12.8 Å². The van der Waals surface area contributed by atoms with Crippen molar-refractivity contribution in [2.45, 2.75) is 12.8 Å². The number of hydrogen-bond acceptors (Lipinski definition) is 5. The number of nitrogens with zero attached hydrogens (tertiary/aromatic N) is 3. The van der Waals surface area contributed by atoms with Gasteiger partial charge in [0.1, 0.15) is 5.69 Å². The number of rotatable bonds is 3. The number of benzene rings is 1. The molecule has 1 aliphatic rings. The predicted octanol–water partition coefficient (Wildman–Crippen LogP) is 2.53. The third-order valence-electron chi connectivity index (χ3n) is 3.85. The number of aliphatic carboxylic acids is 1. The third-order valence-corrected chi connectivity index (χ3v) is 4.35. The average molecular weight is 332 g/mol. The van der Waals surface area contributed by atoms with Crippen molar-refractivity contribution in [3.05, 3.63) is 29.6 Å². The van der Waals surface area contributed by atoms with E-state index in [1.165, 1.54) is 11.5 Å². The first-order valence-electron chi connectivity index (χ1n) is 7.30. The maximum absolute atomic E-state index is 12.3. The molecule has 0 bridgehead atoms. The van der Waals surface area contributed by atoms with Crippen molar-refractivity contribution in [3.8, 4) is 11.3 Å². The Balaban J connectivity index is 1.62. The van der Waals surface area contributed by atoms with E-state index in [4.69, 9.17) is 5.11 Å². The highest BCUT2D eigenvalue weighted by atomic mass is 32.1. The number of anilines is 1. The summed E-state index contributed by atoms with van der Waals surface area (Å²) in [5.41, 5.74) is 2.40. The lowest BCUT2D eigenvalue weighted by atomic mass is 9.99. The van der Waals surface area contributed by atoms with Crippen molar-refractivity contribution < 1.29 is 14.7 Å². The topological polar surface area (TPSA) is 95.4 Å². The van der Waals surface area contributed by atoms with Crippen molar-refractivity contribution in [1.82, 2.24) is 14.5 Å². The predicted molar refractivity (Wildman–Crippen MR) is 86.3 cm³/mol. The first-order chi connectivity index (χ1) is 11.1. The van der Waals surface area contributed by atoms with Crippen LogP contribution < -0.4 is 5.32 Å². The van der Waals surface area contributed by atoms with E-state index < -0.39 is 11.9 Å². The molecule has 8 heteroatoms. The van der Waals surface area contributed by atoms with Gasteiger partial charge in [-0.15, -0.1) is 5.10 Å². The quantitative estimate of drug-likeness (QED) is 0.900. The average Bonchev–Trinajstić information content (AvgIpc) is 3.10. The Morgan fingerprint density at radius 1 is 1.30 bits per heavy atom. The molecule has 0 spiro atoms. The van der Waals surface area contributed by atoms with Crippen LogP contribution >= 0.6 is 11.5 Å². The van der Waals surface area contributed by atoms with Crippen molar-refractivity contribution in [2.75, 3.05) is 18.4 Å². The minimum absolute atomic E-state index is 0.254. The molecule has 2 amide bonds. The van der Waals surface area contributed by atoms with E-state index in [0.29, 0.717) is 25.1 Å². The second kappa shape index (κ2) is 6.74. The number of urea groups is 1. The summed E-state index contributed by atoms with van der Waals surface area (Å²) in [5, 5.41) is 17.7. The Morgan fingerprint density at radius 2 is 2.09 bits per heavy atom. The molecule has 120 valence electrons. The highest BCUT2D eigenvalue weighted by Crippen LogP contribution is 2.21. The minimum atomic E-state index is -0.844. The largest absolute Gasteiger partial charge is 0.481 e. The van der Waals surface area contributed by atoms with Gasteiger partial charge >= 0.3 is 12.0 Å². The van der Waals surface area contributed by atoms with Gasteiger partial charge in [-0.25, -0.2) is 4.79 Å². The molecule has 23 heavy (non-hydrogen) atoms. The zero-order chi connectivity index (χ0) is 16.2. The van der Waals surface area contributed by atoms with Crippen LogP contribution in [0.2, 0.25) is 0 Å². The molecule has 1 fully saturated rings. The highest BCUT2D eigenvalue weighted by molar-refractivity contribution is 7.03. The van der Waals surface area contributed by atoms with E-state index in [1.54, 1.807) is 17.0 Å².